The van der Waals surface area contributed by atoms with Gasteiger partial charge in [0.25, 0.3) is 0 Å². The lowest BCUT2D eigenvalue weighted by molar-refractivity contribution is 0.107. The van der Waals surface area contributed by atoms with E-state index in [2.05, 4.69) is 30.2 Å². The average Bonchev–Trinajstić information content (AvgIpc) is 2.42. The summed E-state index contributed by atoms with van der Waals surface area (Å²) >= 11 is 0. The van der Waals surface area contributed by atoms with Crippen molar-refractivity contribution in [1.29, 1.82) is 0 Å². The zero-order chi connectivity index (χ0) is 13.5. The summed E-state index contributed by atoms with van der Waals surface area (Å²) in [5.74, 6) is 0.627. The standard InChI is InChI=1S/C16H26N2O/c1-13(2)12-19-11-5-10-17-15-8-3-6-14-7-4-9-18-16(14)15/h4,7,9,13,15,17H,3,5-6,8,10-12H2,1-2H3. The van der Waals surface area contributed by atoms with Gasteiger partial charge in [-0.1, -0.05) is 19.9 Å². The van der Waals surface area contributed by atoms with Crippen LogP contribution in [0.2, 0.25) is 0 Å². The highest BCUT2D eigenvalue weighted by molar-refractivity contribution is 5.25. The molecule has 106 valence electrons. The number of ether oxygens (including phenoxy) is 1. The van der Waals surface area contributed by atoms with Crippen molar-refractivity contribution < 1.29 is 4.74 Å². The minimum absolute atomic E-state index is 0.440. The van der Waals surface area contributed by atoms with E-state index in [-0.39, 0.29) is 0 Å². The van der Waals surface area contributed by atoms with Crippen LogP contribution in [0.3, 0.4) is 0 Å². The molecule has 1 atom stereocenters. The van der Waals surface area contributed by atoms with E-state index in [0.717, 1.165) is 26.2 Å². The van der Waals surface area contributed by atoms with Gasteiger partial charge in [0.2, 0.25) is 0 Å². The highest BCUT2D eigenvalue weighted by Crippen LogP contribution is 2.27. The fourth-order valence-corrected chi connectivity index (χ4v) is 2.58. The maximum absolute atomic E-state index is 5.60. The van der Waals surface area contributed by atoms with Crippen molar-refractivity contribution >= 4 is 0 Å². The number of nitrogens with one attached hydrogen (secondary N) is 1. The van der Waals surface area contributed by atoms with Gasteiger partial charge in [0, 0.05) is 25.5 Å². The lowest BCUT2D eigenvalue weighted by Gasteiger charge is -2.25. The van der Waals surface area contributed by atoms with Gasteiger partial charge in [-0.15, -0.1) is 0 Å². The topological polar surface area (TPSA) is 34.1 Å². The molecule has 1 aromatic heterocycles. The van der Waals surface area contributed by atoms with E-state index >= 15 is 0 Å². The van der Waals surface area contributed by atoms with Gasteiger partial charge in [0.05, 0.1) is 5.69 Å². The molecule has 3 heteroatoms. The SMILES string of the molecule is CC(C)COCCCNC1CCCc2cccnc21. The summed E-state index contributed by atoms with van der Waals surface area (Å²) in [6.07, 6.45) is 6.63. The molecule has 0 amide bonds. The molecule has 1 aliphatic rings. The Morgan fingerprint density at radius 2 is 2.37 bits per heavy atom. The average molecular weight is 262 g/mol. The third kappa shape index (κ3) is 4.59. The lowest BCUT2D eigenvalue weighted by atomic mass is 9.92. The van der Waals surface area contributed by atoms with E-state index in [1.54, 1.807) is 0 Å². The van der Waals surface area contributed by atoms with Gasteiger partial charge < -0.3 is 10.1 Å². The predicted octanol–water partition coefficient (Wildman–Crippen LogP) is 3.11. The predicted molar refractivity (Wildman–Crippen MR) is 78.2 cm³/mol. The molecule has 3 nitrogen and oxygen atoms in total. The van der Waals surface area contributed by atoms with Crippen molar-refractivity contribution in [1.82, 2.24) is 10.3 Å². The third-order valence-electron chi connectivity index (χ3n) is 3.50. The van der Waals surface area contributed by atoms with E-state index in [4.69, 9.17) is 4.74 Å². The van der Waals surface area contributed by atoms with Gasteiger partial charge in [-0.2, -0.15) is 0 Å². The molecule has 0 bridgehead atoms. The van der Waals surface area contributed by atoms with E-state index in [1.165, 1.54) is 30.5 Å². The molecule has 0 saturated heterocycles. The van der Waals surface area contributed by atoms with Crippen molar-refractivity contribution in [3.05, 3.63) is 29.6 Å². The van der Waals surface area contributed by atoms with Crippen LogP contribution in [0.25, 0.3) is 0 Å². The number of hydrogen-bond donors (Lipinski definition) is 1. The number of hydrogen-bond acceptors (Lipinski definition) is 3. The van der Waals surface area contributed by atoms with Crippen LogP contribution in [0.5, 0.6) is 0 Å². The molecule has 0 aromatic carbocycles. The second-order valence-corrected chi connectivity index (χ2v) is 5.77. The van der Waals surface area contributed by atoms with E-state index in [1.807, 2.05) is 12.3 Å². The van der Waals surface area contributed by atoms with Crippen LogP contribution in [0, 0.1) is 5.92 Å². The fraction of sp³-hybridized carbons (Fsp3) is 0.688. The van der Waals surface area contributed by atoms with Crippen LogP contribution in [0.4, 0.5) is 0 Å². The summed E-state index contributed by atoms with van der Waals surface area (Å²) in [4.78, 5) is 4.55. The fourth-order valence-electron chi connectivity index (χ4n) is 2.58. The van der Waals surface area contributed by atoms with E-state index in [9.17, 15) is 0 Å². The Labute approximate surface area is 116 Å². The van der Waals surface area contributed by atoms with Gasteiger partial charge in [0.1, 0.15) is 0 Å². The summed E-state index contributed by atoms with van der Waals surface area (Å²) in [5.41, 5.74) is 2.68. The molecule has 0 radical (unpaired) electrons. The molecule has 1 unspecified atom stereocenters. The molecule has 2 rings (SSSR count). The Hall–Kier alpha value is -0.930. The minimum atomic E-state index is 0.440. The van der Waals surface area contributed by atoms with Crippen LogP contribution in [-0.4, -0.2) is 24.7 Å². The third-order valence-corrected chi connectivity index (χ3v) is 3.50. The molecule has 0 spiro atoms. The highest BCUT2D eigenvalue weighted by Gasteiger charge is 2.20. The number of rotatable bonds is 7. The summed E-state index contributed by atoms with van der Waals surface area (Å²) in [5, 5.41) is 3.62. The van der Waals surface area contributed by atoms with Crippen LogP contribution in [0.15, 0.2) is 18.3 Å². The molecule has 19 heavy (non-hydrogen) atoms. The Bertz CT molecular complexity index is 379. The maximum atomic E-state index is 5.60. The Balaban J connectivity index is 1.70. The number of nitrogens with zero attached hydrogens (tertiary/aromatic N) is 1. The van der Waals surface area contributed by atoms with Gasteiger partial charge >= 0.3 is 0 Å². The molecule has 0 saturated carbocycles. The first-order valence-electron chi connectivity index (χ1n) is 7.52. The molecule has 1 heterocycles. The van der Waals surface area contributed by atoms with Gasteiger partial charge in [0.15, 0.2) is 0 Å². The van der Waals surface area contributed by atoms with E-state index < -0.39 is 0 Å². The minimum Gasteiger partial charge on any atom is -0.381 e. The van der Waals surface area contributed by atoms with Crippen LogP contribution >= 0.6 is 0 Å². The first-order valence-corrected chi connectivity index (χ1v) is 7.52. The molecular formula is C16H26N2O. The smallest absolute Gasteiger partial charge is 0.0605 e. The number of fused-ring (bicyclic) bond motifs is 1. The van der Waals surface area contributed by atoms with Crippen molar-refractivity contribution in [2.24, 2.45) is 5.92 Å². The Kier molecular flexibility index (Phi) is 5.80. The summed E-state index contributed by atoms with van der Waals surface area (Å²) in [7, 11) is 0. The first kappa shape index (κ1) is 14.5. The zero-order valence-corrected chi connectivity index (χ0v) is 12.2. The second kappa shape index (κ2) is 7.61. The summed E-state index contributed by atoms with van der Waals surface area (Å²) in [6.45, 7) is 7.10. The Morgan fingerprint density at radius 1 is 1.47 bits per heavy atom. The van der Waals surface area contributed by atoms with Gasteiger partial charge in [-0.05, 0) is 49.8 Å². The van der Waals surface area contributed by atoms with Gasteiger partial charge in [-0.3, -0.25) is 4.98 Å². The number of aromatic nitrogens is 1. The quantitative estimate of drug-likeness (QED) is 0.767. The Morgan fingerprint density at radius 3 is 3.21 bits per heavy atom. The lowest BCUT2D eigenvalue weighted by Crippen LogP contribution is -2.27. The van der Waals surface area contributed by atoms with Crippen LogP contribution < -0.4 is 5.32 Å². The van der Waals surface area contributed by atoms with Gasteiger partial charge in [-0.25, -0.2) is 0 Å². The molecule has 1 N–H and O–H groups in total. The maximum Gasteiger partial charge on any atom is 0.0605 e. The molecule has 0 fully saturated rings. The van der Waals surface area contributed by atoms with E-state index in [0.29, 0.717) is 12.0 Å². The van der Waals surface area contributed by atoms with Crippen molar-refractivity contribution in [2.45, 2.75) is 45.6 Å². The number of pyridine rings is 1. The highest BCUT2D eigenvalue weighted by atomic mass is 16.5. The molecule has 0 aliphatic heterocycles. The summed E-state index contributed by atoms with van der Waals surface area (Å²) in [6, 6.07) is 4.69. The normalized spacial score (nSPS) is 18.6. The zero-order valence-electron chi connectivity index (χ0n) is 12.2. The monoisotopic (exact) mass is 262 g/mol. The van der Waals surface area contributed by atoms with Crippen LogP contribution in [-0.2, 0) is 11.2 Å². The molecular weight excluding hydrogens is 236 g/mol. The van der Waals surface area contributed by atoms with Crippen LogP contribution in [0.1, 0.15) is 50.4 Å². The summed E-state index contributed by atoms with van der Waals surface area (Å²) < 4.78 is 5.60. The van der Waals surface area contributed by atoms with Crippen molar-refractivity contribution in [3.8, 4) is 0 Å². The van der Waals surface area contributed by atoms with Crippen molar-refractivity contribution in [3.63, 3.8) is 0 Å². The van der Waals surface area contributed by atoms with Crippen molar-refractivity contribution in [2.75, 3.05) is 19.8 Å². The number of aryl methyl sites for hydroxylation is 1. The first-order chi connectivity index (χ1) is 9.27. The second-order valence-electron chi connectivity index (χ2n) is 5.77. The molecule has 1 aliphatic carbocycles. The molecule has 1 aromatic rings. The largest absolute Gasteiger partial charge is 0.381 e.